The molecule has 5 rings (SSSR count). The lowest BCUT2D eigenvalue weighted by Gasteiger charge is -2.30. The van der Waals surface area contributed by atoms with E-state index in [0.717, 1.165) is 40.3 Å². The van der Waals surface area contributed by atoms with Gasteiger partial charge in [-0.1, -0.05) is 30.3 Å². The van der Waals surface area contributed by atoms with Crippen molar-refractivity contribution in [2.24, 2.45) is 0 Å². The molecule has 2 aromatic heterocycles. The molecule has 0 saturated heterocycles. The molecule has 0 aliphatic carbocycles. The van der Waals surface area contributed by atoms with Gasteiger partial charge in [0.05, 0.1) is 15.1 Å². The smallest absolute Gasteiger partial charge is 0.240 e. The number of anilines is 1. The Kier molecular flexibility index (Phi) is 6.28. The van der Waals surface area contributed by atoms with E-state index in [1.807, 2.05) is 24.3 Å². The minimum atomic E-state index is -3.73. The molecule has 0 fully saturated rings. The maximum Gasteiger partial charge on any atom is 0.240 e. The quantitative estimate of drug-likeness (QED) is 0.385. The van der Waals surface area contributed by atoms with Crippen LogP contribution in [-0.2, 0) is 27.6 Å². The molecule has 0 saturated carbocycles. The number of benzene rings is 2. The van der Waals surface area contributed by atoms with E-state index in [4.69, 9.17) is 4.98 Å². The molecular weight excluding hydrogens is 486 g/mol. The minimum Gasteiger partial charge on any atom is -0.316 e. The normalized spacial score (nSPS) is 14.4. The average Bonchev–Trinajstić information content (AvgIpc) is 3.39. The van der Waals surface area contributed by atoms with Crippen LogP contribution in [0.25, 0.3) is 20.8 Å². The molecule has 3 heterocycles. The van der Waals surface area contributed by atoms with Gasteiger partial charge in [-0.3, -0.25) is 9.69 Å². The van der Waals surface area contributed by atoms with Crippen molar-refractivity contribution < 1.29 is 13.2 Å². The second-order valence-corrected chi connectivity index (χ2v) is 12.8. The van der Waals surface area contributed by atoms with Crippen LogP contribution in [0.5, 0.6) is 0 Å². The van der Waals surface area contributed by atoms with E-state index in [0.29, 0.717) is 11.0 Å². The number of nitrogens with one attached hydrogen (secondary N) is 1. The van der Waals surface area contributed by atoms with Crippen molar-refractivity contribution in [1.82, 2.24) is 9.88 Å². The summed E-state index contributed by atoms with van der Waals surface area (Å²) in [5, 5.41) is 4.47. The van der Waals surface area contributed by atoms with Gasteiger partial charge in [-0.2, -0.15) is 0 Å². The zero-order valence-corrected chi connectivity index (χ0v) is 21.4. The molecule has 2 aromatic carbocycles. The minimum absolute atomic E-state index is 0.148. The van der Waals surface area contributed by atoms with Crippen molar-refractivity contribution in [3.63, 3.8) is 0 Å². The Bertz CT molecular complexity index is 1420. The van der Waals surface area contributed by atoms with Crippen LogP contribution in [0.3, 0.4) is 0 Å². The molecule has 1 amide bonds. The number of amides is 1. The Morgan fingerprint density at radius 1 is 1.09 bits per heavy atom. The standard InChI is InChI=1S/C25H25N3O3S3/c1-16(2)28-13-12-18-21(14-28)33-25(23(18)24-26-19-10-6-7-11-20(19)32-24)27-22(29)15-34(30,31)17-8-4-3-5-9-17/h3-11,16H,12-15H2,1-2H3,(H,27,29). The van der Waals surface area contributed by atoms with Crippen molar-refractivity contribution >= 4 is 53.6 Å². The third-order valence-electron chi connectivity index (χ3n) is 6.00. The number of carbonyl (C=O) groups excluding carboxylic acids is 1. The fourth-order valence-corrected chi connectivity index (χ4v) is 7.76. The Morgan fingerprint density at radius 2 is 1.82 bits per heavy atom. The lowest BCUT2D eigenvalue weighted by Crippen LogP contribution is -2.35. The first-order valence-electron chi connectivity index (χ1n) is 11.1. The Hall–Kier alpha value is -2.59. The highest BCUT2D eigenvalue weighted by atomic mass is 32.2. The Morgan fingerprint density at radius 3 is 2.56 bits per heavy atom. The number of hydrogen-bond donors (Lipinski definition) is 1. The van der Waals surface area contributed by atoms with Crippen LogP contribution < -0.4 is 5.32 Å². The van der Waals surface area contributed by atoms with Crippen molar-refractivity contribution in [3.8, 4) is 10.6 Å². The van der Waals surface area contributed by atoms with Gasteiger partial charge in [0, 0.05) is 29.6 Å². The van der Waals surface area contributed by atoms with E-state index in [1.165, 1.54) is 33.9 Å². The fourth-order valence-electron chi connectivity index (χ4n) is 4.20. The molecule has 1 aliphatic rings. The number of carbonyl (C=O) groups is 1. The highest BCUT2D eigenvalue weighted by Crippen LogP contribution is 2.45. The van der Waals surface area contributed by atoms with Crippen LogP contribution in [0.4, 0.5) is 5.00 Å². The summed E-state index contributed by atoms with van der Waals surface area (Å²) in [6.45, 7) is 6.12. The zero-order valence-electron chi connectivity index (χ0n) is 18.9. The number of para-hydroxylation sites is 1. The van der Waals surface area contributed by atoms with E-state index in [2.05, 4.69) is 24.1 Å². The molecular formula is C25H25N3O3S3. The zero-order chi connectivity index (χ0) is 23.9. The SMILES string of the molecule is CC(C)N1CCc2c(sc(NC(=O)CS(=O)(=O)c3ccccc3)c2-c2nc3ccccc3s2)C1. The first-order valence-corrected chi connectivity index (χ1v) is 14.4. The van der Waals surface area contributed by atoms with Gasteiger partial charge in [0.15, 0.2) is 9.84 Å². The third-order valence-corrected chi connectivity index (χ3v) is 9.82. The summed E-state index contributed by atoms with van der Waals surface area (Å²) in [6.07, 6.45) is 0.869. The topological polar surface area (TPSA) is 79.4 Å². The summed E-state index contributed by atoms with van der Waals surface area (Å²) in [5.41, 5.74) is 3.07. The van der Waals surface area contributed by atoms with Crippen LogP contribution in [-0.4, -0.2) is 42.5 Å². The molecule has 4 aromatic rings. The second kappa shape index (κ2) is 9.22. The van der Waals surface area contributed by atoms with Crippen molar-refractivity contribution in [2.45, 2.75) is 37.8 Å². The summed E-state index contributed by atoms with van der Waals surface area (Å²) in [6, 6.07) is 16.5. The van der Waals surface area contributed by atoms with Gasteiger partial charge < -0.3 is 5.32 Å². The van der Waals surface area contributed by atoms with Crippen LogP contribution in [0, 0.1) is 0 Å². The van der Waals surface area contributed by atoms with Gasteiger partial charge >= 0.3 is 0 Å². The number of nitrogens with zero attached hydrogens (tertiary/aromatic N) is 2. The van der Waals surface area contributed by atoms with E-state index in [1.54, 1.807) is 29.5 Å². The van der Waals surface area contributed by atoms with Gasteiger partial charge in [0.2, 0.25) is 5.91 Å². The summed E-state index contributed by atoms with van der Waals surface area (Å²) < 4.78 is 26.6. The summed E-state index contributed by atoms with van der Waals surface area (Å²) in [5.74, 6) is -1.14. The Balaban J connectivity index is 1.50. The van der Waals surface area contributed by atoms with Crippen LogP contribution >= 0.6 is 22.7 Å². The predicted molar refractivity (Wildman–Crippen MR) is 139 cm³/mol. The van der Waals surface area contributed by atoms with Gasteiger partial charge in [-0.15, -0.1) is 22.7 Å². The molecule has 34 heavy (non-hydrogen) atoms. The first-order chi connectivity index (χ1) is 16.3. The highest BCUT2D eigenvalue weighted by molar-refractivity contribution is 7.92. The third kappa shape index (κ3) is 4.53. The molecule has 0 radical (unpaired) electrons. The van der Waals surface area contributed by atoms with Crippen molar-refractivity contribution in [3.05, 3.63) is 65.0 Å². The molecule has 0 spiro atoms. The lowest BCUT2D eigenvalue weighted by molar-refractivity contribution is -0.113. The number of thiophene rings is 1. The van der Waals surface area contributed by atoms with Gasteiger partial charge in [-0.25, -0.2) is 13.4 Å². The monoisotopic (exact) mass is 511 g/mol. The highest BCUT2D eigenvalue weighted by Gasteiger charge is 2.29. The Labute approximate surface area is 207 Å². The first kappa shape index (κ1) is 23.2. The number of fused-ring (bicyclic) bond motifs is 2. The van der Waals surface area contributed by atoms with Gasteiger partial charge in [0.25, 0.3) is 0 Å². The van der Waals surface area contributed by atoms with E-state index >= 15 is 0 Å². The number of hydrogen-bond acceptors (Lipinski definition) is 7. The van der Waals surface area contributed by atoms with Gasteiger partial charge in [-0.05, 0) is 50.1 Å². The maximum atomic E-state index is 12.9. The van der Waals surface area contributed by atoms with Crippen LogP contribution in [0.15, 0.2) is 59.5 Å². The molecule has 0 unspecified atom stereocenters. The van der Waals surface area contributed by atoms with Crippen molar-refractivity contribution in [1.29, 1.82) is 0 Å². The average molecular weight is 512 g/mol. The number of aromatic nitrogens is 1. The fraction of sp³-hybridized carbons (Fsp3) is 0.280. The number of rotatable bonds is 6. The van der Waals surface area contributed by atoms with E-state index in [-0.39, 0.29) is 4.90 Å². The number of sulfone groups is 1. The molecule has 0 bridgehead atoms. The molecule has 0 atom stereocenters. The molecule has 9 heteroatoms. The lowest BCUT2D eigenvalue weighted by atomic mass is 10.0. The molecule has 6 nitrogen and oxygen atoms in total. The second-order valence-electron chi connectivity index (χ2n) is 8.63. The maximum absolute atomic E-state index is 12.9. The summed E-state index contributed by atoms with van der Waals surface area (Å²) in [4.78, 5) is 21.5. The van der Waals surface area contributed by atoms with Crippen molar-refractivity contribution in [2.75, 3.05) is 17.6 Å². The van der Waals surface area contributed by atoms with Crippen LogP contribution in [0.1, 0.15) is 24.3 Å². The summed E-state index contributed by atoms with van der Waals surface area (Å²) >= 11 is 3.13. The van der Waals surface area contributed by atoms with Gasteiger partial charge in [0.1, 0.15) is 15.8 Å². The largest absolute Gasteiger partial charge is 0.316 e. The molecule has 176 valence electrons. The molecule has 1 N–H and O–H groups in total. The molecule has 1 aliphatic heterocycles. The summed E-state index contributed by atoms with van der Waals surface area (Å²) in [7, 11) is -3.73. The van der Waals surface area contributed by atoms with E-state index < -0.39 is 21.5 Å². The predicted octanol–water partition coefficient (Wildman–Crippen LogP) is 5.20. The van der Waals surface area contributed by atoms with Crippen LogP contribution in [0.2, 0.25) is 0 Å². The van der Waals surface area contributed by atoms with E-state index in [9.17, 15) is 13.2 Å². The number of thiazole rings is 1.